The number of aryl methyl sites for hydroxylation is 2. The van der Waals surface area contributed by atoms with Crippen LogP contribution < -0.4 is 0 Å². The monoisotopic (exact) mass is 342 g/mol. The van der Waals surface area contributed by atoms with E-state index < -0.39 is 0 Å². The van der Waals surface area contributed by atoms with Crippen LogP contribution in [0.5, 0.6) is 0 Å². The van der Waals surface area contributed by atoms with Crippen molar-refractivity contribution < 1.29 is 4.52 Å². The quantitative estimate of drug-likeness (QED) is 0.853. The summed E-state index contributed by atoms with van der Waals surface area (Å²) in [7, 11) is 0. The van der Waals surface area contributed by atoms with Crippen molar-refractivity contribution in [2.75, 3.05) is 13.1 Å². The Kier molecular flexibility index (Phi) is 3.66. The van der Waals surface area contributed by atoms with Crippen LogP contribution in [-0.4, -0.2) is 42.9 Å². The summed E-state index contributed by atoms with van der Waals surface area (Å²) in [6.07, 6.45) is 8.73. The summed E-state index contributed by atoms with van der Waals surface area (Å²) in [6.45, 7) is 5.99. The van der Waals surface area contributed by atoms with Crippen LogP contribution in [0.3, 0.4) is 0 Å². The van der Waals surface area contributed by atoms with Gasteiger partial charge in [-0.1, -0.05) is 11.6 Å². The van der Waals surface area contributed by atoms with Gasteiger partial charge in [-0.3, -0.25) is 4.90 Å². The predicted octanol–water partition coefficient (Wildman–Crippen LogP) is 2.47. The first-order valence-corrected chi connectivity index (χ1v) is 9.67. The van der Waals surface area contributed by atoms with Gasteiger partial charge in [0.1, 0.15) is 11.6 Å². The van der Waals surface area contributed by atoms with E-state index in [9.17, 15) is 0 Å². The molecular weight excluding hydrogens is 316 g/mol. The lowest BCUT2D eigenvalue weighted by molar-refractivity contribution is 0.145. The third-order valence-electron chi connectivity index (χ3n) is 6.42. The van der Waals surface area contributed by atoms with Gasteiger partial charge >= 0.3 is 0 Å². The van der Waals surface area contributed by atoms with Gasteiger partial charge in [-0.05, 0) is 57.5 Å². The van der Waals surface area contributed by atoms with Crippen LogP contribution in [0.25, 0.3) is 0 Å². The van der Waals surface area contributed by atoms with Gasteiger partial charge in [0, 0.05) is 18.9 Å². The Hall–Kier alpha value is -1.76. The zero-order chi connectivity index (χ0) is 16.9. The third-order valence-corrected chi connectivity index (χ3v) is 6.42. The normalized spacial score (nSPS) is 25.7. The van der Waals surface area contributed by atoms with Crippen molar-refractivity contribution >= 4 is 0 Å². The standard InChI is InChI=1S/C18H26N6O/c1-13-19-16(25-22-13)12-23-9-6-18(7-10-23)11-14(18)17-21-20-15-5-3-2-4-8-24(15)17/h14H,2-12H2,1H3/t14-/m1/s1. The van der Waals surface area contributed by atoms with Crippen molar-refractivity contribution in [2.24, 2.45) is 5.41 Å². The topological polar surface area (TPSA) is 72.9 Å². The molecule has 4 heterocycles. The summed E-state index contributed by atoms with van der Waals surface area (Å²) in [5, 5.41) is 13.0. The number of aromatic nitrogens is 5. The van der Waals surface area contributed by atoms with Gasteiger partial charge in [0.05, 0.1) is 6.54 Å². The molecule has 3 aliphatic rings. The fraction of sp³-hybridized carbons (Fsp3) is 0.778. The van der Waals surface area contributed by atoms with Crippen LogP contribution in [0.1, 0.15) is 67.8 Å². The smallest absolute Gasteiger partial charge is 0.240 e. The first-order chi connectivity index (χ1) is 12.2. The average Bonchev–Trinajstić information content (AvgIpc) is 3.05. The van der Waals surface area contributed by atoms with Crippen molar-refractivity contribution in [2.45, 2.75) is 70.9 Å². The number of hydrogen-bond acceptors (Lipinski definition) is 6. The Morgan fingerprint density at radius 1 is 1.12 bits per heavy atom. The van der Waals surface area contributed by atoms with Crippen LogP contribution in [0.4, 0.5) is 0 Å². The van der Waals surface area contributed by atoms with Crippen molar-refractivity contribution in [1.29, 1.82) is 0 Å². The van der Waals surface area contributed by atoms with Gasteiger partial charge in [-0.2, -0.15) is 4.98 Å². The maximum absolute atomic E-state index is 5.26. The summed E-state index contributed by atoms with van der Waals surface area (Å²) in [4.78, 5) is 6.77. The molecule has 2 fully saturated rings. The van der Waals surface area contributed by atoms with Crippen LogP contribution in [0.2, 0.25) is 0 Å². The molecule has 0 aromatic carbocycles. The van der Waals surface area contributed by atoms with Gasteiger partial charge in [-0.15, -0.1) is 10.2 Å². The second-order valence-corrected chi connectivity index (χ2v) is 8.07. The maximum Gasteiger partial charge on any atom is 0.240 e. The number of piperidine rings is 1. The fourth-order valence-electron chi connectivity index (χ4n) is 4.78. The molecule has 0 bridgehead atoms. The van der Waals surface area contributed by atoms with E-state index in [1.807, 2.05) is 6.92 Å². The number of nitrogens with zero attached hydrogens (tertiary/aromatic N) is 6. The lowest BCUT2D eigenvalue weighted by atomic mass is 9.90. The second kappa shape index (κ2) is 5.90. The molecule has 2 aromatic heterocycles. The van der Waals surface area contributed by atoms with Crippen LogP contribution in [-0.2, 0) is 19.5 Å². The summed E-state index contributed by atoms with van der Waals surface area (Å²) >= 11 is 0. The fourth-order valence-corrected chi connectivity index (χ4v) is 4.78. The minimum atomic E-state index is 0.470. The maximum atomic E-state index is 5.26. The SMILES string of the molecule is Cc1noc(CN2CCC3(CC2)C[C@@H]3c2nnc3n2CCCCC3)n1. The summed E-state index contributed by atoms with van der Waals surface area (Å²) < 4.78 is 7.71. The van der Waals surface area contributed by atoms with E-state index in [0.717, 1.165) is 44.3 Å². The zero-order valence-electron chi connectivity index (χ0n) is 14.9. The van der Waals surface area contributed by atoms with Crippen LogP contribution in [0, 0.1) is 12.3 Å². The van der Waals surface area contributed by atoms with Gasteiger partial charge in [0.15, 0.2) is 5.82 Å². The molecule has 5 rings (SSSR count). The first kappa shape index (κ1) is 15.5. The molecule has 1 atom stereocenters. The Morgan fingerprint density at radius 3 is 2.80 bits per heavy atom. The molecule has 2 aliphatic heterocycles. The van der Waals surface area contributed by atoms with Crippen LogP contribution in [0.15, 0.2) is 4.52 Å². The summed E-state index contributed by atoms with van der Waals surface area (Å²) in [5.41, 5.74) is 0.470. The van der Waals surface area contributed by atoms with Gasteiger partial charge in [0.2, 0.25) is 5.89 Å². The minimum absolute atomic E-state index is 0.470. The van der Waals surface area contributed by atoms with Gasteiger partial charge < -0.3 is 9.09 Å². The van der Waals surface area contributed by atoms with E-state index in [1.54, 1.807) is 0 Å². The number of fused-ring (bicyclic) bond motifs is 1. The second-order valence-electron chi connectivity index (χ2n) is 8.07. The zero-order valence-corrected chi connectivity index (χ0v) is 14.9. The van der Waals surface area contributed by atoms with E-state index in [-0.39, 0.29) is 0 Å². The van der Waals surface area contributed by atoms with Gasteiger partial charge in [0.25, 0.3) is 0 Å². The van der Waals surface area contributed by atoms with E-state index in [4.69, 9.17) is 4.52 Å². The number of likely N-dealkylation sites (tertiary alicyclic amines) is 1. The highest BCUT2D eigenvalue weighted by molar-refractivity contribution is 5.21. The molecular formula is C18H26N6O. The van der Waals surface area contributed by atoms with E-state index in [1.165, 1.54) is 50.2 Å². The molecule has 1 aliphatic carbocycles. The molecule has 2 aromatic rings. The highest BCUT2D eigenvalue weighted by Gasteiger charge is 2.57. The summed E-state index contributed by atoms with van der Waals surface area (Å²) in [5.74, 6) is 4.58. The summed E-state index contributed by atoms with van der Waals surface area (Å²) in [6, 6.07) is 0. The molecule has 134 valence electrons. The third kappa shape index (κ3) is 2.78. The van der Waals surface area contributed by atoms with Crippen molar-refractivity contribution in [3.05, 3.63) is 23.4 Å². The van der Waals surface area contributed by atoms with Crippen LogP contribution >= 0.6 is 0 Å². The number of hydrogen-bond donors (Lipinski definition) is 0. The molecule has 0 radical (unpaired) electrons. The number of rotatable bonds is 3. The Balaban J connectivity index is 1.24. The molecule has 1 saturated carbocycles. The molecule has 0 amide bonds. The largest absolute Gasteiger partial charge is 0.338 e. The lowest BCUT2D eigenvalue weighted by Gasteiger charge is -2.31. The lowest BCUT2D eigenvalue weighted by Crippen LogP contribution is -2.34. The predicted molar refractivity (Wildman–Crippen MR) is 90.9 cm³/mol. The van der Waals surface area contributed by atoms with Crippen molar-refractivity contribution in [1.82, 2.24) is 29.8 Å². The highest BCUT2D eigenvalue weighted by atomic mass is 16.5. The molecule has 25 heavy (non-hydrogen) atoms. The molecule has 0 N–H and O–H groups in total. The molecule has 1 saturated heterocycles. The molecule has 1 spiro atoms. The van der Waals surface area contributed by atoms with E-state index in [0.29, 0.717) is 11.3 Å². The Labute approximate surface area is 147 Å². The molecule has 7 nitrogen and oxygen atoms in total. The van der Waals surface area contributed by atoms with Crippen molar-refractivity contribution in [3.63, 3.8) is 0 Å². The van der Waals surface area contributed by atoms with E-state index in [2.05, 4.69) is 29.8 Å². The Morgan fingerprint density at radius 2 is 2.00 bits per heavy atom. The first-order valence-electron chi connectivity index (χ1n) is 9.67. The average molecular weight is 342 g/mol. The van der Waals surface area contributed by atoms with Gasteiger partial charge in [-0.25, -0.2) is 0 Å². The highest BCUT2D eigenvalue weighted by Crippen LogP contribution is 2.64. The molecule has 0 unspecified atom stereocenters. The van der Waals surface area contributed by atoms with E-state index >= 15 is 0 Å². The Bertz CT molecular complexity index is 757. The molecule has 7 heteroatoms. The minimum Gasteiger partial charge on any atom is -0.338 e. The van der Waals surface area contributed by atoms with Crippen molar-refractivity contribution in [3.8, 4) is 0 Å².